The largest absolute Gasteiger partial charge is 0.314 e. The lowest BCUT2D eigenvalue weighted by molar-refractivity contribution is 0.479. The molecule has 0 bridgehead atoms. The van der Waals surface area contributed by atoms with Crippen LogP contribution in [0.15, 0.2) is 18.2 Å². The standard InChI is InChI=1S/C13H17Cl2NOS/c14-11-2-1-10(13(15)9-11)3-6-16-12-4-7-18(17)8-5-12/h1-2,9,12,16H,3-8H2. The van der Waals surface area contributed by atoms with Crippen LogP contribution in [0.25, 0.3) is 0 Å². The molecule has 5 heteroatoms. The molecule has 2 rings (SSSR count). The molecule has 100 valence electrons. The van der Waals surface area contributed by atoms with E-state index in [4.69, 9.17) is 23.2 Å². The van der Waals surface area contributed by atoms with E-state index in [1.165, 1.54) is 0 Å². The maximum absolute atomic E-state index is 11.2. The lowest BCUT2D eigenvalue weighted by atomic mass is 10.1. The van der Waals surface area contributed by atoms with Gasteiger partial charge in [0.05, 0.1) is 0 Å². The van der Waals surface area contributed by atoms with E-state index in [1.807, 2.05) is 12.1 Å². The summed E-state index contributed by atoms with van der Waals surface area (Å²) in [5.41, 5.74) is 1.12. The monoisotopic (exact) mass is 305 g/mol. The predicted octanol–water partition coefficient (Wildman–Crippen LogP) is 3.04. The van der Waals surface area contributed by atoms with Crippen LogP contribution in [-0.4, -0.2) is 28.3 Å². The zero-order chi connectivity index (χ0) is 13.0. The van der Waals surface area contributed by atoms with E-state index in [2.05, 4.69) is 5.32 Å². The summed E-state index contributed by atoms with van der Waals surface area (Å²) < 4.78 is 11.2. The maximum atomic E-state index is 11.2. The number of hydrogen-bond donors (Lipinski definition) is 1. The molecule has 1 saturated heterocycles. The summed E-state index contributed by atoms with van der Waals surface area (Å²) in [4.78, 5) is 0. The van der Waals surface area contributed by atoms with Gasteiger partial charge in [0.15, 0.2) is 0 Å². The third-order valence-corrected chi connectivity index (χ3v) is 5.20. The minimum Gasteiger partial charge on any atom is -0.314 e. The Balaban J connectivity index is 1.76. The molecule has 1 aromatic carbocycles. The van der Waals surface area contributed by atoms with Crippen LogP contribution in [0.2, 0.25) is 10.0 Å². The van der Waals surface area contributed by atoms with Crippen LogP contribution in [0.4, 0.5) is 0 Å². The highest BCUT2D eigenvalue weighted by Crippen LogP contribution is 2.21. The third-order valence-electron chi connectivity index (χ3n) is 3.23. The van der Waals surface area contributed by atoms with Crippen molar-refractivity contribution < 1.29 is 4.21 Å². The van der Waals surface area contributed by atoms with Crippen molar-refractivity contribution >= 4 is 34.0 Å². The van der Waals surface area contributed by atoms with Crippen molar-refractivity contribution in [1.82, 2.24) is 5.32 Å². The smallest absolute Gasteiger partial charge is 0.0453 e. The van der Waals surface area contributed by atoms with Crippen molar-refractivity contribution in [3.8, 4) is 0 Å². The second kappa shape index (κ2) is 6.90. The van der Waals surface area contributed by atoms with Gasteiger partial charge in [-0.15, -0.1) is 0 Å². The van der Waals surface area contributed by atoms with Crippen molar-refractivity contribution in [2.75, 3.05) is 18.1 Å². The highest BCUT2D eigenvalue weighted by Gasteiger charge is 2.16. The number of rotatable bonds is 4. The van der Waals surface area contributed by atoms with Gasteiger partial charge in [-0.3, -0.25) is 4.21 Å². The Morgan fingerprint density at radius 2 is 2.00 bits per heavy atom. The molecule has 0 aliphatic carbocycles. The van der Waals surface area contributed by atoms with Gasteiger partial charge in [0.2, 0.25) is 0 Å². The summed E-state index contributed by atoms with van der Waals surface area (Å²) in [6, 6.07) is 6.13. The highest BCUT2D eigenvalue weighted by molar-refractivity contribution is 7.85. The van der Waals surface area contributed by atoms with Crippen molar-refractivity contribution in [1.29, 1.82) is 0 Å². The first-order valence-electron chi connectivity index (χ1n) is 6.17. The van der Waals surface area contributed by atoms with Gasteiger partial charge in [-0.2, -0.15) is 0 Å². The van der Waals surface area contributed by atoms with Gasteiger partial charge < -0.3 is 5.32 Å². The topological polar surface area (TPSA) is 29.1 Å². The summed E-state index contributed by atoms with van der Waals surface area (Å²) in [6.45, 7) is 0.901. The van der Waals surface area contributed by atoms with Crippen molar-refractivity contribution in [2.45, 2.75) is 25.3 Å². The molecular formula is C13H17Cl2NOS. The molecule has 0 atom stereocenters. The fourth-order valence-corrected chi connectivity index (χ4v) is 3.94. The van der Waals surface area contributed by atoms with Gasteiger partial charge in [-0.1, -0.05) is 29.3 Å². The van der Waals surface area contributed by atoms with Gasteiger partial charge in [0, 0.05) is 38.4 Å². The lowest BCUT2D eigenvalue weighted by Gasteiger charge is -2.22. The molecule has 0 radical (unpaired) electrons. The Morgan fingerprint density at radius 3 is 2.67 bits per heavy atom. The summed E-state index contributed by atoms with van der Waals surface area (Å²) >= 11 is 12.0. The van der Waals surface area contributed by atoms with E-state index in [1.54, 1.807) is 6.07 Å². The second-order valence-corrected chi connectivity index (χ2v) is 7.10. The Hall–Kier alpha value is -0.0900. The van der Waals surface area contributed by atoms with E-state index in [0.717, 1.165) is 47.9 Å². The van der Waals surface area contributed by atoms with Gasteiger partial charge in [-0.05, 0) is 43.5 Å². The van der Waals surface area contributed by atoms with E-state index in [0.29, 0.717) is 11.1 Å². The minimum atomic E-state index is -0.584. The molecule has 1 heterocycles. The first-order valence-corrected chi connectivity index (χ1v) is 8.42. The summed E-state index contributed by atoms with van der Waals surface area (Å²) in [7, 11) is -0.584. The molecule has 1 N–H and O–H groups in total. The molecule has 1 fully saturated rings. The van der Waals surface area contributed by atoms with E-state index in [9.17, 15) is 4.21 Å². The van der Waals surface area contributed by atoms with Crippen molar-refractivity contribution in [3.63, 3.8) is 0 Å². The molecule has 0 aromatic heterocycles. The second-order valence-electron chi connectivity index (χ2n) is 4.56. The maximum Gasteiger partial charge on any atom is 0.0453 e. The number of nitrogens with one attached hydrogen (secondary N) is 1. The SMILES string of the molecule is O=S1CCC(NCCc2ccc(Cl)cc2Cl)CC1. The van der Waals surface area contributed by atoms with Gasteiger partial charge >= 0.3 is 0 Å². The van der Waals surface area contributed by atoms with Crippen LogP contribution < -0.4 is 5.32 Å². The van der Waals surface area contributed by atoms with Crippen molar-refractivity contribution in [3.05, 3.63) is 33.8 Å². The van der Waals surface area contributed by atoms with Crippen LogP contribution >= 0.6 is 23.2 Å². The van der Waals surface area contributed by atoms with Gasteiger partial charge in [0.25, 0.3) is 0 Å². The molecule has 0 amide bonds. The highest BCUT2D eigenvalue weighted by atomic mass is 35.5. The Labute approximate surface area is 121 Å². The van der Waals surface area contributed by atoms with E-state index in [-0.39, 0.29) is 0 Å². The molecule has 1 aliphatic heterocycles. The molecule has 0 unspecified atom stereocenters. The molecule has 1 aromatic rings. The van der Waals surface area contributed by atoms with E-state index < -0.39 is 10.8 Å². The number of hydrogen-bond acceptors (Lipinski definition) is 2. The van der Waals surface area contributed by atoms with Crippen LogP contribution in [0, 0.1) is 0 Å². The Bertz CT molecular complexity index is 429. The zero-order valence-corrected chi connectivity index (χ0v) is 12.5. The summed E-state index contributed by atoms with van der Waals surface area (Å²) in [5, 5.41) is 4.91. The predicted molar refractivity (Wildman–Crippen MR) is 79.1 cm³/mol. The first-order chi connectivity index (χ1) is 8.65. The van der Waals surface area contributed by atoms with Crippen molar-refractivity contribution in [2.24, 2.45) is 0 Å². The number of halogens is 2. The van der Waals surface area contributed by atoms with Gasteiger partial charge in [0.1, 0.15) is 0 Å². The third kappa shape index (κ3) is 4.23. The Kier molecular flexibility index (Phi) is 5.49. The molecule has 1 aliphatic rings. The molecule has 0 saturated carbocycles. The van der Waals surface area contributed by atoms with Crippen LogP contribution in [0.1, 0.15) is 18.4 Å². The summed E-state index contributed by atoms with van der Waals surface area (Å²) in [5.74, 6) is 1.67. The quantitative estimate of drug-likeness (QED) is 0.926. The molecule has 2 nitrogen and oxygen atoms in total. The Morgan fingerprint density at radius 1 is 1.28 bits per heavy atom. The fourth-order valence-electron chi connectivity index (χ4n) is 2.13. The number of benzene rings is 1. The fraction of sp³-hybridized carbons (Fsp3) is 0.538. The normalized spacial score (nSPS) is 24.1. The van der Waals surface area contributed by atoms with Crippen LogP contribution in [0.5, 0.6) is 0 Å². The lowest BCUT2D eigenvalue weighted by Crippen LogP contribution is -2.36. The molecule has 18 heavy (non-hydrogen) atoms. The molecular weight excluding hydrogens is 289 g/mol. The average molecular weight is 306 g/mol. The van der Waals surface area contributed by atoms with E-state index >= 15 is 0 Å². The average Bonchev–Trinajstić information content (AvgIpc) is 2.34. The molecule has 0 spiro atoms. The van der Waals surface area contributed by atoms with Crippen LogP contribution in [0.3, 0.4) is 0 Å². The zero-order valence-electron chi connectivity index (χ0n) is 10.1. The summed E-state index contributed by atoms with van der Waals surface area (Å²) in [6.07, 6.45) is 2.93. The van der Waals surface area contributed by atoms with Gasteiger partial charge in [-0.25, -0.2) is 0 Å². The first kappa shape index (κ1) is 14.3. The minimum absolute atomic E-state index is 0.508. The van der Waals surface area contributed by atoms with Crippen LogP contribution in [-0.2, 0) is 17.2 Å².